The van der Waals surface area contributed by atoms with Gasteiger partial charge in [0, 0.05) is 9.90 Å². The number of halogens is 1. The number of carbonyl (C=O) groups excluding carboxylic acids is 1. The van der Waals surface area contributed by atoms with Crippen LogP contribution in [-0.2, 0) is 0 Å². The highest BCUT2D eigenvalue weighted by Crippen LogP contribution is 2.43. The smallest absolute Gasteiger partial charge is 0.297 e. The maximum Gasteiger partial charge on any atom is 0.297 e. The number of aryl methyl sites for hydroxylation is 2. The Labute approximate surface area is 199 Å². The van der Waals surface area contributed by atoms with Gasteiger partial charge >= 0.3 is 0 Å². The first-order chi connectivity index (χ1) is 15.9. The highest BCUT2D eigenvalue weighted by atomic mass is 35.5. The van der Waals surface area contributed by atoms with Crippen molar-refractivity contribution in [2.24, 2.45) is 0 Å². The third kappa shape index (κ3) is 3.61. The molecule has 1 atom stereocenters. The van der Waals surface area contributed by atoms with Crippen molar-refractivity contribution in [2.45, 2.75) is 33.2 Å². The summed E-state index contributed by atoms with van der Waals surface area (Å²) in [5.74, 6) is 0.385. The lowest BCUT2D eigenvalue weighted by molar-refractivity contribution is 0.0971. The molecular formula is C25H21ClN2O4S. The Morgan fingerprint density at radius 3 is 2.58 bits per heavy atom. The lowest BCUT2D eigenvalue weighted by atomic mass is 9.98. The van der Waals surface area contributed by atoms with Crippen LogP contribution in [0.1, 0.15) is 51.6 Å². The van der Waals surface area contributed by atoms with Gasteiger partial charge in [-0.15, -0.1) is 11.3 Å². The summed E-state index contributed by atoms with van der Waals surface area (Å²) in [6.45, 7) is 6.52. The first kappa shape index (κ1) is 21.7. The summed E-state index contributed by atoms with van der Waals surface area (Å²) in [5.41, 5.74) is 1.96. The third-order valence-corrected chi connectivity index (χ3v) is 7.03. The minimum absolute atomic E-state index is 0.0386. The van der Waals surface area contributed by atoms with E-state index in [-0.39, 0.29) is 17.1 Å². The van der Waals surface area contributed by atoms with E-state index in [4.69, 9.17) is 20.8 Å². The predicted molar refractivity (Wildman–Crippen MR) is 130 cm³/mol. The van der Waals surface area contributed by atoms with Crippen LogP contribution in [0.2, 0.25) is 5.02 Å². The van der Waals surface area contributed by atoms with E-state index in [0.29, 0.717) is 33.3 Å². The summed E-state index contributed by atoms with van der Waals surface area (Å²) in [5, 5.41) is 1.30. The predicted octanol–water partition coefficient (Wildman–Crippen LogP) is 6.06. The maximum absolute atomic E-state index is 13.6. The molecule has 0 unspecified atom stereocenters. The number of amides is 1. The molecule has 0 saturated carbocycles. The van der Waals surface area contributed by atoms with E-state index < -0.39 is 6.04 Å². The van der Waals surface area contributed by atoms with Crippen molar-refractivity contribution in [3.05, 3.63) is 85.2 Å². The largest absolute Gasteiger partial charge is 0.494 e. The molecule has 8 heteroatoms. The molecule has 3 heterocycles. The van der Waals surface area contributed by atoms with Gasteiger partial charge in [-0.05, 0) is 56.2 Å². The minimum Gasteiger partial charge on any atom is -0.494 e. The number of rotatable bonds is 5. The quantitative estimate of drug-likeness (QED) is 0.347. The number of aromatic nitrogens is 1. The van der Waals surface area contributed by atoms with Crippen molar-refractivity contribution >= 4 is 44.9 Å². The maximum atomic E-state index is 13.6. The molecule has 1 amide bonds. The number of hydrogen-bond donors (Lipinski definition) is 0. The van der Waals surface area contributed by atoms with E-state index in [9.17, 15) is 9.59 Å². The zero-order chi connectivity index (χ0) is 23.3. The van der Waals surface area contributed by atoms with E-state index in [2.05, 4.69) is 4.98 Å². The van der Waals surface area contributed by atoms with Gasteiger partial charge in [0.1, 0.15) is 11.3 Å². The first-order valence-corrected chi connectivity index (χ1v) is 11.8. The van der Waals surface area contributed by atoms with Crippen molar-refractivity contribution in [1.29, 1.82) is 0 Å². The van der Waals surface area contributed by atoms with Gasteiger partial charge in [-0.3, -0.25) is 14.5 Å². The molecule has 168 valence electrons. The summed E-state index contributed by atoms with van der Waals surface area (Å²) >= 11 is 7.56. The lowest BCUT2D eigenvalue weighted by Crippen LogP contribution is -2.29. The summed E-state index contributed by atoms with van der Waals surface area (Å²) in [4.78, 5) is 34.4. The molecule has 0 N–H and O–H groups in total. The Hall–Kier alpha value is -3.16. The number of hydrogen-bond acceptors (Lipinski definition) is 6. The van der Waals surface area contributed by atoms with E-state index in [1.54, 1.807) is 23.1 Å². The number of nitrogens with zero attached hydrogens (tertiary/aromatic N) is 2. The number of anilines is 1. The second-order valence-corrected chi connectivity index (χ2v) is 9.57. The Morgan fingerprint density at radius 2 is 1.91 bits per heavy atom. The molecule has 0 fully saturated rings. The second kappa shape index (κ2) is 8.32. The topological polar surface area (TPSA) is 72.6 Å². The molecule has 0 aliphatic carbocycles. The van der Waals surface area contributed by atoms with Crippen molar-refractivity contribution < 1.29 is 13.9 Å². The van der Waals surface area contributed by atoms with Gasteiger partial charge in [0.2, 0.25) is 5.76 Å². The molecule has 2 aromatic heterocycles. The van der Waals surface area contributed by atoms with Gasteiger partial charge in [-0.1, -0.05) is 30.7 Å². The van der Waals surface area contributed by atoms with Crippen LogP contribution in [0.3, 0.4) is 0 Å². The van der Waals surface area contributed by atoms with Gasteiger partial charge in [-0.25, -0.2) is 4.98 Å². The van der Waals surface area contributed by atoms with Crippen molar-refractivity contribution in [1.82, 2.24) is 4.98 Å². The normalized spacial score (nSPS) is 15.3. The number of fused-ring (bicyclic) bond motifs is 2. The first-order valence-electron chi connectivity index (χ1n) is 10.7. The fourth-order valence-electron chi connectivity index (χ4n) is 3.98. The number of carbonyl (C=O) groups is 1. The average Bonchev–Trinajstić information content (AvgIpc) is 3.29. The summed E-state index contributed by atoms with van der Waals surface area (Å²) in [6.07, 6.45) is 0.902. The molecule has 4 aromatic rings. The van der Waals surface area contributed by atoms with Crippen LogP contribution < -0.4 is 15.1 Å². The minimum atomic E-state index is -0.669. The van der Waals surface area contributed by atoms with E-state index in [1.165, 1.54) is 11.3 Å². The van der Waals surface area contributed by atoms with Gasteiger partial charge in [0.05, 0.1) is 29.3 Å². The standard InChI is InChI=1S/C25H21ClN2O4S/c1-4-11-31-17-8-5-15(6-9-17)21-20-22(29)18-12-16(26)7-10-19(18)32-23(20)24(30)28(21)25-27-13(2)14(3)33-25/h5-10,12,21H,4,11H2,1-3H3/t21-/m1/s1. The zero-order valence-electron chi connectivity index (χ0n) is 18.3. The van der Waals surface area contributed by atoms with Crippen LogP contribution in [0.15, 0.2) is 51.7 Å². The molecule has 0 bridgehead atoms. The van der Waals surface area contributed by atoms with E-state index in [0.717, 1.165) is 28.3 Å². The lowest BCUT2D eigenvalue weighted by Gasteiger charge is -2.22. The molecular weight excluding hydrogens is 460 g/mol. The van der Waals surface area contributed by atoms with E-state index >= 15 is 0 Å². The Bertz CT molecular complexity index is 1420. The molecule has 6 nitrogen and oxygen atoms in total. The summed E-state index contributed by atoms with van der Waals surface area (Å²) < 4.78 is 11.7. The third-order valence-electron chi connectivity index (χ3n) is 5.72. The Morgan fingerprint density at radius 1 is 1.15 bits per heavy atom. The van der Waals surface area contributed by atoms with Gasteiger partial charge in [-0.2, -0.15) is 0 Å². The zero-order valence-corrected chi connectivity index (χ0v) is 19.9. The highest BCUT2D eigenvalue weighted by molar-refractivity contribution is 7.15. The molecule has 0 spiro atoms. The van der Waals surface area contributed by atoms with Crippen LogP contribution in [-0.4, -0.2) is 17.5 Å². The number of thiazole rings is 1. The fourth-order valence-corrected chi connectivity index (χ4v) is 5.09. The number of ether oxygens (including phenoxy) is 1. The highest BCUT2D eigenvalue weighted by Gasteiger charge is 2.45. The van der Waals surface area contributed by atoms with Crippen LogP contribution in [0.25, 0.3) is 11.0 Å². The van der Waals surface area contributed by atoms with Gasteiger partial charge in [0.25, 0.3) is 5.91 Å². The molecule has 2 aromatic carbocycles. The second-order valence-electron chi connectivity index (χ2n) is 7.95. The van der Waals surface area contributed by atoms with Crippen LogP contribution in [0, 0.1) is 13.8 Å². The van der Waals surface area contributed by atoms with Crippen LogP contribution in [0.4, 0.5) is 5.13 Å². The van der Waals surface area contributed by atoms with Crippen molar-refractivity contribution in [3.8, 4) is 5.75 Å². The van der Waals surface area contributed by atoms with Crippen LogP contribution >= 0.6 is 22.9 Å². The van der Waals surface area contributed by atoms with Gasteiger partial charge in [0.15, 0.2) is 10.6 Å². The Kier molecular flexibility index (Phi) is 5.46. The SMILES string of the molecule is CCCOc1ccc([C@@H]2c3c(oc4ccc(Cl)cc4c3=O)C(=O)N2c2nc(C)c(C)s2)cc1. The fraction of sp³-hybridized carbons (Fsp3) is 0.240. The van der Waals surface area contributed by atoms with Crippen molar-refractivity contribution in [2.75, 3.05) is 11.5 Å². The molecule has 5 rings (SSSR count). The molecule has 1 aliphatic heterocycles. The summed E-state index contributed by atoms with van der Waals surface area (Å²) in [6, 6.07) is 11.6. The van der Waals surface area contributed by atoms with Gasteiger partial charge < -0.3 is 9.15 Å². The molecule has 0 saturated heterocycles. The monoisotopic (exact) mass is 480 g/mol. The van der Waals surface area contributed by atoms with E-state index in [1.807, 2.05) is 45.0 Å². The van der Waals surface area contributed by atoms with Crippen LogP contribution in [0.5, 0.6) is 5.75 Å². The molecule has 33 heavy (non-hydrogen) atoms. The number of benzene rings is 2. The molecule has 0 radical (unpaired) electrons. The molecule has 1 aliphatic rings. The Balaban J connectivity index is 1.72. The summed E-state index contributed by atoms with van der Waals surface area (Å²) in [7, 11) is 0. The average molecular weight is 481 g/mol. The van der Waals surface area contributed by atoms with Crippen molar-refractivity contribution in [3.63, 3.8) is 0 Å².